The van der Waals surface area contributed by atoms with E-state index in [0.29, 0.717) is 11.5 Å². The molecule has 1 amide bonds. The van der Waals surface area contributed by atoms with Gasteiger partial charge in [0.05, 0.1) is 6.04 Å². The summed E-state index contributed by atoms with van der Waals surface area (Å²) in [4.78, 5) is 24.4. The van der Waals surface area contributed by atoms with Gasteiger partial charge in [-0.05, 0) is 62.9 Å². The molecule has 158 valence electrons. The molecule has 0 bridgehead atoms. The van der Waals surface area contributed by atoms with Gasteiger partial charge in [0, 0.05) is 32.3 Å². The molecule has 31 heavy (non-hydrogen) atoms. The number of benzene rings is 1. The number of aryl methyl sites for hydroxylation is 3. The predicted octanol–water partition coefficient (Wildman–Crippen LogP) is 6.29. The number of carbonyl (C=O) groups is 1. The number of carbonyl (C=O) groups excluding carboxylic acids is 1. The fourth-order valence-electron chi connectivity index (χ4n) is 3.51. The number of aromatic nitrogens is 2. The number of anilines is 2. The van der Waals surface area contributed by atoms with Gasteiger partial charge in [0.2, 0.25) is 5.95 Å². The Kier molecular flexibility index (Phi) is 6.15. The van der Waals surface area contributed by atoms with Gasteiger partial charge in [-0.3, -0.25) is 4.79 Å². The molecule has 1 aromatic carbocycles. The van der Waals surface area contributed by atoms with Crippen molar-refractivity contribution in [2.45, 2.75) is 33.7 Å². The molecule has 0 spiro atoms. The Morgan fingerprint density at radius 2 is 1.68 bits per heavy atom. The van der Waals surface area contributed by atoms with E-state index in [0.717, 1.165) is 32.4 Å². The van der Waals surface area contributed by atoms with Crippen molar-refractivity contribution >= 4 is 39.5 Å². The summed E-state index contributed by atoms with van der Waals surface area (Å²) in [6, 6.07) is 15.2. The quantitative estimate of drug-likeness (QED) is 0.364. The van der Waals surface area contributed by atoms with Gasteiger partial charge in [0.15, 0.2) is 0 Å². The summed E-state index contributed by atoms with van der Waals surface area (Å²) in [6.07, 6.45) is 0. The lowest BCUT2D eigenvalue weighted by atomic mass is 10.0. The van der Waals surface area contributed by atoms with Crippen molar-refractivity contribution < 1.29 is 4.79 Å². The topological polar surface area (TPSA) is 66.9 Å². The lowest BCUT2D eigenvalue weighted by molar-refractivity contribution is 0.102. The van der Waals surface area contributed by atoms with Gasteiger partial charge in [0.25, 0.3) is 5.91 Å². The first-order chi connectivity index (χ1) is 14.9. The van der Waals surface area contributed by atoms with Crippen LogP contribution in [0.4, 0.5) is 10.9 Å². The number of hydrogen-bond donors (Lipinski definition) is 2. The molecule has 0 saturated carbocycles. The molecule has 5 nitrogen and oxygen atoms in total. The van der Waals surface area contributed by atoms with Crippen LogP contribution in [0.5, 0.6) is 0 Å². The Morgan fingerprint density at radius 1 is 0.968 bits per heavy atom. The van der Waals surface area contributed by atoms with Gasteiger partial charge >= 0.3 is 0 Å². The molecule has 1 atom stereocenters. The van der Waals surface area contributed by atoms with E-state index >= 15 is 0 Å². The normalized spacial score (nSPS) is 11.9. The van der Waals surface area contributed by atoms with E-state index in [2.05, 4.69) is 45.9 Å². The van der Waals surface area contributed by atoms with Crippen molar-refractivity contribution in [1.82, 2.24) is 9.97 Å². The number of hydrogen-bond acceptors (Lipinski definition) is 6. The molecule has 3 heterocycles. The molecule has 7 heteroatoms. The molecule has 0 radical (unpaired) electrons. The minimum absolute atomic E-state index is 0.115. The largest absolute Gasteiger partial charge is 0.342 e. The lowest BCUT2D eigenvalue weighted by Gasteiger charge is -2.20. The second-order valence-electron chi connectivity index (χ2n) is 7.41. The minimum Gasteiger partial charge on any atom is -0.342 e. The summed E-state index contributed by atoms with van der Waals surface area (Å²) in [6.45, 7) is 8.11. The van der Waals surface area contributed by atoms with Gasteiger partial charge in [0.1, 0.15) is 5.00 Å². The van der Waals surface area contributed by atoms with Crippen LogP contribution < -0.4 is 10.6 Å². The molecule has 3 aromatic heterocycles. The summed E-state index contributed by atoms with van der Waals surface area (Å²) in [5, 5.41) is 9.58. The Bertz CT molecular complexity index is 1180. The highest BCUT2D eigenvalue weighted by Gasteiger charge is 2.26. The van der Waals surface area contributed by atoms with E-state index in [9.17, 15) is 4.79 Å². The fourth-order valence-corrected chi connectivity index (χ4v) is 5.39. The van der Waals surface area contributed by atoms with Crippen molar-refractivity contribution in [2.75, 3.05) is 10.6 Å². The summed E-state index contributed by atoms with van der Waals surface area (Å²) in [5.74, 6) is 0.468. The molecule has 1 unspecified atom stereocenters. The second-order valence-corrected chi connectivity index (χ2v) is 9.62. The van der Waals surface area contributed by atoms with Crippen LogP contribution in [0.2, 0.25) is 0 Å². The molecule has 0 aliphatic carbocycles. The summed E-state index contributed by atoms with van der Waals surface area (Å²) in [5.41, 5.74) is 4.67. The van der Waals surface area contributed by atoms with Crippen molar-refractivity contribution in [3.8, 4) is 0 Å². The number of nitrogens with one attached hydrogen (secondary N) is 2. The molecule has 0 aliphatic heterocycles. The van der Waals surface area contributed by atoms with Crippen molar-refractivity contribution in [3.05, 3.63) is 91.7 Å². The molecule has 2 N–H and O–H groups in total. The highest BCUT2D eigenvalue weighted by Crippen LogP contribution is 2.42. The first-order valence-corrected chi connectivity index (χ1v) is 11.7. The highest BCUT2D eigenvalue weighted by atomic mass is 32.1. The Morgan fingerprint density at radius 3 is 2.32 bits per heavy atom. The van der Waals surface area contributed by atoms with E-state index in [1.807, 2.05) is 56.3 Å². The fraction of sp³-hybridized carbons (Fsp3) is 0.208. The monoisotopic (exact) mass is 448 g/mol. The number of nitrogens with zero attached hydrogens (tertiary/aromatic N) is 2. The van der Waals surface area contributed by atoms with Crippen LogP contribution in [0.3, 0.4) is 0 Å². The minimum atomic E-state index is -0.169. The third-order valence-electron chi connectivity index (χ3n) is 5.07. The van der Waals surface area contributed by atoms with Gasteiger partial charge in [-0.25, -0.2) is 9.97 Å². The Balaban J connectivity index is 1.75. The second kappa shape index (κ2) is 8.99. The zero-order chi connectivity index (χ0) is 22.0. The van der Waals surface area contributed by atoms with Crippen molar-refractivity contribution in [1.29, 1.82) is 0 Å². The lowest BCUT2D eigenvalue weighted by Crippen LogP contribution is -2.18. The standard InChI is InChI=1S/C24H24N4OS2/c1-14-13-15(2)26-24(25-14)27-21(19-11-8-12-30-19)20-16(3)17(4)31-23(20)28-22(29)18-9-6-5-7-10-18/h5-13,21H,1-4H3,(H,28,29)(H,25,26,27). The van der Waals surface area contributed by atoms with E-state index in [4.69, 9.17) is 0 Å². The average molecular weight is 449 g/mol. The third kappa shape index (κ3) is 4.68. The number of amides is 1. The summed E-state index contributed by atoms with van der Waals surface area (Å²) >= 11 is 3.27. The van der Waals surface area contributed by atoms with Crippen LogP contribution in [0, 0.1) is 27.7 Å². The zero-order valence-electron chi connectivity index (χ0n) is 17.9. The molecule has 0 saturated heterocycles. The molecule has 4 rings (SSSR count). The maximum Gasteiger partial charge on any atom is 0.256 e. The summed E-state index contributed by atoms with van der Waals surface area (Å²) in [7, 11) is 0. The molecule has 0 fully saturated rings. The maximum atomic E-state index is 12.9. The first kappa shape index (κ1) is 21.2. The molecular formula is C24H24N4OS2. The van der Waals surface area contributed by atoms with Crippen LogP contribution >= 0.6 is 22.7 Å². The van der Waals surface area contributed by atoms with Gasteiger partial charge in [-0.15, -0.1) is 22.7 Å². The van der Waals surface area contributed by atoms with Crippen LogP contribution in [0.25, 0.3) is 0 Å². The van der Waals surface area contributed by atoms with Crippen LogP contribution in [0.1, 0.15) is 48.7 Å². The van der Waals surface area contributed by atoms with Crippen LogP contribution in [-0.4, -0.2) is 15.9 Å². The first-order valence-electron chi connectivity index (χ1n) is 10.0. The summed E-state index contributed by atoms with van der Waals surface area (Å²) < 4.78 is 0. The van der Waals surface area contributed by atoms with Gasteiger partial charge in [-0.1, -0.05) is 24.3 Å². The van der Waals surface area contributed by atoms with E-state index in [-0.39, 0.29) is 11.9 Å². The molecule has 0 aliphatic rings. The van der Waals surface area contributed by atoms with Gasteiger partial charge < -0.3 is 10.6 Å². The van der Waals surface area contributed by atoms with E-state index in [1.165, 1.54) is 4.88 Å². The Hall–Kier alpha value is -3.03. The third-order valence-corrected chi connectivity index (χ3v) is 7.14. The van der Waals surface area contributed by atoms with Crippen LogP contribution in [-0.2, 0) is 0 Å². The maximum absolute atomic E-state index is 12.9. The predicted molar refractivity (Wildman–Crippen MR) is 129 cm³/mol. The van der Waals surface area contributed by atoms with E-state index in [1.54, 1.807) is 22.7 Å². The van der Waals surface area contributed by atoms with Crippen molar-refractivity contribution in [3.63, 3.8) is 0 Å². The smallest absolute Gasteiger partial charge is 0.256 e. The van der Waals surface area contributed by atoms with Crippen molar-refractivity contribution in [2.24, 2.45) is 0 Å². The molecule has 4 aromatic rings. The zero-order valence-corrected chi connectivity index (χ0v) is 19.5. The average Bonchev–Trinajstić information content (AvgIpc) is 3.36. The number of thiophene rings is 2. The number of rotatable bonds is 6. The molecular weight excluding hydrogens is 424 g/mol. The highest BCUT2D eigenvalue weighted by molar-refractivity contribution is 7.16. The Labute approximate surface area is 190 Å². The van der Waals surface area contributed by atoms with E-state index < -0.39 is 0 Å². The SMILES string of the molecule is Cc1cc(C)nc(NC(c2cccs2)c2c(NC(=O)c3ccccc3)sc(C)c2C)n1. The van der Waals surface area contributed by atoms with Gasteiger partial charge in [-0.2, -0.15) is 0 Å². The van der Waals surface area contributed by atoms with Crippen LogP contribution in [0.15, 0.2) is 53.9 Å².